The highest BCUT2D eigenvalue weighted by atomic mass is 32.2. The molecule has 0 amide bonds. The lowest BCUT2D eigenvalue weighted by atomic mass is 9.86. The van der Waals surface area contributed by atoms with Crippen LogP contribution in [0.15, 0.2) is 16.3 Å². The minimum Gasteiger partial charge on any atom is -0.477 e. The average Bonchev–Trinajstić information content (AvgIpc) is 2.88. The molecule has 0 bridgehead atoms. The first-order valence-corrected chi connectivity index (χ1v) is 8.87. The summed E-state index contributed by atoms with van der Waals surface area (Å²) in [5, 5.41) is 9.94. The van der Waals surface area contributed by atoms with E-state index in [-0.39, 0.29) is 22.6 Å². The van der Waals surface area contributed by atoms with Crippen LogP contribution in [-0.2, 0) is 10.0 Å². The Morgan fingerprint density at radius 1 is 1.36 bits per heavy atom. The van der Waals surface area contributed by atoms with Crippen LogP contribution in [0.5, 0.6) is 0 Å². The number of aromatic carboxylic acids is 1. The largest absolute Gasteiger partial charge is 0.477 e. The Morgan fingerprint density at radius 3 is 2.59 bits per heavy atom. The van der Waals surface area contributed by atoms with Crippen LogP contribution in [0.4, 0.5) is 13.2 Å². The Kier molecular flexibility index (Phi) is 4.83. The molecular weight excluding hydrogens is 343 g/mol. The van der Waals surface area contributed by atoms with Gasteiger partial charge in [0, 0.05) is 11.4 Å². The minimum absolute atomic E-state index is 0.00331. The smallest absolute Gasteiger partial charge is 0.391 e. The van der Waals surface area contributed by atoms with Crippen molar-refractivity contribution >= 4 is 27.3 Å². The van der Waals surface area contributed by atoms with Gasteiger partial charge in [0.05, 0.1) is 10.8 Å². The van der Waals surface area contributed by atoms with Crippen molar-refractivity contribution in [1.82, 2.24) is 4.72 Å². The SMILES string of the molecule is O=C(O)c1cc(S(=O)(=O)NC2CCCC(C(F)(F)F)C2)cs1. The molecule has 2 atom stereocenters. The zero-order valence-electron chi connectivity index (χ0n) is 11.3. The van der Waals surface area contributed by atoms with Gasteiger partial charge in [-0.1, -0.05) is 6.42 Å². The standard InChI is InChI=1S/C12H14F3NO4S2/c13-12(14,15)7-2-1-3-8(4-7)16-22(19,20)9-5-10(11(17)18)21-6-9/h5-8,16H,1-4H2,(H,17,18). The van der Waals surface area contributed by atoms with Gasteiger partial charge in [-0.15, -0.1) is 11.3 Å². The maximum Gasteiger partial charge on any atom is 0.391 e. The first-order valence-electron chi connectivity index (χ1n) is 6.50. The molecule has 1 aromatic rings. The second-order valence-corrected chi connectivity index (χ2v) is 7.80. The lowest BCUT2D eigenvalue weighted by Gasteiger charge is -2.30. The summed E-state index contributed by atoms with van der Waals surface area (Å²) in [6.07, 6.45) is -3.99. The van der Waals surface area contributed by atoms with E-state index in [9.17, 15) is 26.4 Å². The number of thiophene rings is 1. The van der Waals surface area contributed by atoms with Gasteiger partial charge in [0.2, 0.25) is 10.0 Å². The van der Waals surface area contributed by atoms with E-state index in [0.717, 1.165) is 22.8 Å². The normalized spacial score (nSPS) is 23.4. The van der Waals surface area contributed by atoms with E-state index in [4.69, 9.17) is 5.11 Å². The van der Waals surface area contributed by atoms with E-state index in [2.05, 4.69) is 4.72 Å². The summed E-state index contributed by atoms with van der Waals surface area (Å²) < 4.78 is 64.6. The summed E-state index contributed by atoms with van der Waals surface area (Å²) in [5.74, 6) is -2.76. The van der Waals surface area contributed by atoms with E-state index in [0.29, 0.717) is 12.8 Å². The summed E-state index contributed by atoms with van der Waals surface area (Å²) in [6, 6.07) is 0.206. The number of carbonyl (C=O) groups is 1. The Morgan fingerprint density at radius 2 is 2.05 bits per heavy atom. The molecule has 2 N–H and O–H groups in total. The van der Waals surface area contributed by atoms with E-state index >= 15 is 0 Å². The van der Waals surface area contributed by atoms with Crippen LogP contribution in [0.3, 0.4) is 0 Å². The molecule has 10 heteroatoms. The Hall–Kier alpha value is -1.13. The number of hydrogen-bond acceptors (Lipinski definition) is 4. The molecule has 22 heavy (non-hydrogen) atoms. The molecule has 2 unspecified atom stereocenters. The highest BCUT2D eigenvalue weighted by molar-refractivity contribution is 7.89. The van der Waals surface area contributed by atoms with Crippen LogP contribution in [0.2, 0.25) is 0 Å². The first kappa shape index (κ1) is 17.2. The van der Waals surface area contributed by atoms with Crippen molar-refractivity contribution < 1.29 is 31.5 Å². The number of sulfonamides is 1. The summed E-state index contributed by atoms with van der Waals surface area (Å²) in [6.45, 7) is 0. The molecule has 0 aromatic carbocycles. The topological polar surface area (TPSA) is 83.5 Å². The second kappa shape index (κ2) is 6.17. The van der Waals surface area contributed by atoms with Crippen molar-refractivity contribution in [2.45, 2.75) is 42.8 Å². The van der Waals surface area contributed by atoms with Crippen LogP contribution in [0.1, 0.15) is 35.4 Å². The zero-order valence-corrected chi connectivity index (χ0v) is 12.9. The van der Waals surface area contributed by atoms with Gasteiger partial charge in [-0.05, 0) is 25.3 Å². The van der Waals surface area contributed by atoms with Gasteiger partial charge >= 0.3 is 12.1 Å². The van der Waals surface area contributed by atoms with Gasteiger partial charge in [0.1, 0.15) is 4.88 Å². The van der Waals surface area contributed by atoms with Crippen LogP contribution >= 0.6 is 11.3 Å². The molecular formula is C12H14F3NO4S2. The van der Waals surface area contributed by atoms with E-state index < -0.39 is 34.1 Å². The van der Waals surface area contributed by atoms with Gasteiger partial charge in [0.25, 0.3) is 0 Å². The third-order valence-corrected chi connectivity index (χ3v) is 6.12. The average molecular weight is 357 g/mol. The molecule has 1 heterocycles. The molecule has 1 aromatic heterocycles. The molecule has 0 aliphatic heterocycles. The molecule has 1 aliphatic rings. The molecule has 0 radical (unpaired) electrons. The predicted octanol–water partition coefficient (Wildman–Crippen LogP) is 2.85. The van der Waals surface area contributed by atoms with Gasteiger partial charge < -0.3 is 5.11 Å². The van der Waals surface area contributed by atoms with Crippen molar-refractivity contribution in [3.63, 3.8) is 0 Å². The molecule has 0 spiro atoms. The molecule has 1 fully saturated rings. The van der Waals surface area contributed by atoms with E-state index in [1.165, 1.54) is 0 Å². The fourth-order valence-electron chi connectivity index (χ4n) is 2.45. The summed E-state index contributed by atoms with van der Waals surface area (Å²) in [5.41, 5.74) is 0. The first-order chi connectivity index (χ1) is 10.1. The lowest BCUT2D eigenvalue weighted by molar-refractivity contribution is -0.183. The maximum atomic E-state index is 12.7. The number of carboxylic acid groups (broad SMARTS) is 1. The second-order valence-electron chi connectivity index (χ2n) is 5.18. The third-order valence-electron chi connectivity index (χ3n) is 3.56. The zero-order chi connectivity index (χ0) is 16.5. The van der Waals surface area contributed by atoms with Crippen molar-refractivity contribution in [2.75, 3.05) is 0 Å². The number of alkyl halides is 3. The summed E-state index contributed by atoms with van der Waals surface area (Å²) in [7, 11) is -4.01. The van der Waals surface area contributed by atoms with Crippen molar-refractivity contribution in [3.05, 3.63) is 16.3 Å². The number of hydrogen-bond donors (Lipinski definition) is 2. The Labute approximate surface area is 129 Å². The summed E-state index contributed by atoms with van der Waals surface area (Å²) in [4.78, 5) is 10.4. The minimum atomic E-state index is -4.33. The fourth-order valence-corrected chi connectivity index (χ4v) is 4.85. The number of nitrogens with one attached hydrogen (secondary N) is 1. The fraction of sp³-hybridized carbons (Fsp3) is 0.583. The molecule has 0 saturated heterocycles. The maximum absolute atomic E-state index is 12.7. The van der Waals surface area contributed by atoms with Crippen molar-refractivity contribution in [2.24, 2.45) is 5.92 Å². The van der Waals surface area contributed by atoms with Crippen LogP contribution in [0.25, 0.3) is 0 Å². The van der Waals surface area contributed by atoms with Gasteiger partial charge in [-0.3, -0.25) is 0 Å². The highest BCUT2D eigenvalue weighted by Crippen LogP contribution is 2.37. The molecule has 2 rings (SSSR count). The molecule has 124 valence electrons. The monoisotopic (exact) mass is 357 g/mol. The van der Waals surface area contributed by atoms with Gasteiger partial charge in [0.15, 0.2) is 0 Å². The van der Waals surface area contributed by atoms with Gasteiger partial charge in [-0.25, -0.2) is 17.9 Å². The molecule has 1 aliphatic carbocycles. The number of carboxylic acids is 1. The van der Waals surface area contributed by atoms with Crippen LogP contribution in [0, 0.1) is 5.92 Å². The lowest BCUT2D eigenvalue weighted by Crippen LogP contribution is -2.41. The molecule has 5 nitrogen and oxygen atoms in total. The summed E-state index contributed by atoms with van der Waals surface area (Å²) >= 11 is 0.753. The Balaban J connectivity index is 2.09. The molecule has 1 saturated carbocycles. The van der Waals surface area contributed by atoms with Gasteiger partial charge in [-0.2, -0.15) is 13.2 Å². The predicted molar refractivity (Wildman–Crippen MR) is 73.4 cm³/mol. The Bertz CT molecular complexity index is 654. The number of halogens is 3. The van der Waals surface area contributed by atoms with Crippen LogP contribution < -0.4 is 4.72 Å². The third kappa shape index (κ3) is 3.99. The van der Waals surface area contributed by atoms with Crippen molar-refractivity contribution in [1.29, 1.82) is 0 Å². The van der Waals surface area contributed by atoms with Crippen LogP contribution in [-0.4, -0.2) is 31.7 Å². The van der Waals surface area contributed by atoms with E-state index in [1.54, 1.807) is 0 Å². The number of rotatable bonds is 4. The quantitative estimate of drug-likeness (QED) is 0.868. The van der Waals surface area contributed by atoms with E-state index in [1.807, 2.05) is 0 Å². The highest BCUT2D eigenvalue weighted by Gasteiger charge is 2.42. The van der Waals surface area contributed by atoms with Crippen molar-refractivity contribution in [3.8, 4) is 0 Å².